The molecule has 1 aromatic rings. The second kappa shape index (κ2) is 11.4. The molecule has 4 heterocycles. The summed E-state index contributed by atoms with van der Waals surface area (Å²) in [4.78, 5) is 44.9. The standard InChI is InChI=1S/C27H38N4O6/c1-29-9-11-31(12-10-29)25(32)16-20-4-5-22-24(37-20)17-36-23-6-3-19(15-21(23)27(34)30(22)2)28-26(33)18-7-13-35-14-8-18/h3,6,15,18,20,22,24H,4-5,7-14,16-17H2,1-2H3,(H,28,33)/t20-,22-,24-/m1/s1. The number of likely N-dealkylation sites (N-methyl/N-ethyl adjacent to an activating group) is 2. The van der Waals surface area contributed by atoms with Crippen molar-refractivity contribution in [3.05, 3.63) is 23.8 Å². The van der Waals surface area contributed by atoms with E-state index in [4.69, 9.17) is 14.2 Å². The Kier molecular flexibility index (Phi) is 7.97. The average molecular weight is 515 g/mol. The first-order valence-electron chi connectivity index (χ1n) is 13.4. The molecule has 0 aliphatic carbocycles. The van der Waals surface area contributed by atoms with Gasteiger partial charge in [0.05, 0.1) is 24.1 Å². The van der Waals surface area contributed by atoms with Crippen LogP contribution in [0.5, 0.6) is 5.75 Å². The third-order valence-corrected chi connectivity index (χ3v) is 8.13. The van der Waals surface area contributed by atoms with Crippen molar-refractivity contribution in [3.63, 3.8) is 0 Å². The first-order valence-corrected chi connectivity index (χ1v) is 13.4. The predicted molar refractivity (Wildman–Crippen MR) is 137 cm³/mol. The second-order valence-corrected chi connectivity index (χ2v) is 10.6. The van der Waals surface area contributed by atoms with Gasteiger partial charge in [0.15, 0.2) is 0 Å². The lowest BCUT2D eigenvalue weighted by Gasteiger charge is -2.42. The number of hydrogen-bond acceptors (Lipinski definition) is 7. The summed E-state index contributed by atoms with van der Waals surface area (Å²) in [7, 11) is 3.86. The molecule has 0 saturated carbocycles. The molecule has 10 heteroatoms. The molecule has 202 valence electrons. The highest BCUT2D eigenvalue weighted by molar-refractivity contribution is 6.00. The Balaban J connectivity index is 1.23. The monoisotopic (exact) mass is 514 g/mol. The van der Waals surface area contributed by atoms with E-state index in [0.717, 1.165) is 32.6 Å². The summed E-state index contributed by atoms with van der Waals surface area (Å²) in [6.07, 6.45) is 2.73. The summed E-state index contributed by atoms with van der Waals surface area (Å²) in [5, 5.41) is 2.96. The molecule has 0 unspecified atom stereocenters. The van der Waals surface area contributed by atoms with Gasteiger partial charge in [-0.2, -0.15) is 0 Å². The van der Waals surface area contributed by atoms with Crippen LogP contribution >= 0.6 is 0 Å². The Morgan fingerprint density at radius 2 is 1.78 bits per heavy atom. The number of piperazine rings is 1. The maximum atomic E-state index is 13.5. The molecule has 10 nitrogen and oxygen atoms in total. The first kappa shape index (κ1) is 25.9. The van der Waals surface area contributed by atoms with Crippen molar-refractivity contribution in [2.24, 2.45) is 5.92 Å². The van der Waals surface area contributed by atoms with E-state index < -0.39 is 0 Å². The molecule has 4 aliphatic rings. The van der Waals surface area contributed by atoms with E-state index in [1.54, 1.807) is 30.1 Å². The van der Waals surface area contributed by atoms with Crippen molar-refractivity contribution in [1.29, 1.82) is 0 Å². The van der Waals surface area contributed by atoms with Crippen LogP contribution in [0, 0.1) is 5.92 Å². The fourth-order valence-electron chi connectivity index (χ4n) is 5.69. The summed E-state index contributed by atoms with van der Waals surface area (Å²) in [5.74, 6) is 0.310. The normalized spacial score (nSPS) is 27.4. The molecule has 3 atom stereocenters. The number of benzene rings is 1. The molecule has 5 rings (SSSR count). The molecule has 0 aromatic heterocycles. The van der Waals surface area contributed by atoms with Crippen LogP contribution in [0.1, 0.15) is 42.5 Å². The predicted octanol–water partition coefficient (Wildman–Crippen LogP) is 1.60. The fourth-order valence-corrected chi connectivity index (χ4v) is 5.69. The third-order valence-electron chi connectivity index (χ3n) is 8.13. The number of nitrogens with zero attached hydrogens (tertiary/aromatic N) is 3. The van der Waals surface area contributed by atoms with Crippen LogP contribution in [0.25, 0.3) is 0 Å². The zero-order valence-corrected chi connectivity index (χ0v) is 21.8. The van der Waals surface area contributed by atoms with Gasteiger partial charge in [-0.05, 0) is 50.9 Å². The highest BCUT2D eigenvalue weighted by atomic mass is 16.5. The molecule has 0 radical (unpaired) electrons. The van der Waals surface area contributed by atoms with Crippen molar-refractivity contribution in [2.75, 3.05) is 65.4 Å². The summed E-state index contributed by atoms with van der Waals surface area (Å²) in [6.45, 7) is 4.77. The number of fused-ring (bicyclic) bond motifs is 2. The molecule has 3 fully saturated rings. The van der Waals surface area contributed by atoms with Gasteiger partial charge in [-0.25, -0.2) is 0 Å². The van der Waals surface area contributed by atoms with Gasteiger partial charge in [0.2, 0.25) is 11.8 Å². The molecule has 37 heavy (non-hydrogen) atoms. The molecule has 0 bridgehead atoms. The number of hydrogen-bond donors (Lipinski definition) is 1. The van der Waals surface area contributed by atoms with Crippen molar-refractivity contribution < 1.29 is 28.6 Å². The molecule has 4 aliphatic heterocycles. The van der Waals surface area contributed by atoms with E-state index in [-0.39, 0.29) is 41.9 Å². The van der Waals surface area contributed by atoms with Gasteiger partial charge >= 0.3 is 0 Å². The SMILES string of the molecule is CN1CCN(C(=O)C[C@H]2CC[C@@H]3[C@@H](COc4ccc(NC(=O)C5CCOCC5)cc4C(=O)N3C)O2)CC1. The second-order valence-electron chi connectivity index (χ2n) is 10.6. The van der Waals surface area contributed by atoms with E-state index >= 15 is 0 Å². The minimum Gasteiger partial charge on any atom is -0.490 e. The summed E-state index contributed by atoms with van der Waals surface area (Å²) in [5.41, 5.74) is 1.01. The molecule has 3 amide bonds. The summed E-state index contributed by atoms with van der Waals surface area (Å²) < 4.78 is 17.8. The summed E-state index contributed by atoms with van der Waals surface area (Å²) in [6, 6.07) is 5.06. The average Bonchev–Trinajstić information content (AvgIpc) is 2.92. The molecule has 1 N–H and O–H groups in total. The molecule has 1 aromatic carbocycles. The maximum Gasteiger partial charge on any atom is 0.257 e. The highest BCUT2D eigenvalue weighted by Gasteiger charge is 2.39. The van der Waals surface area contributed by atoms with E-state index in [2.05, 4.69) is 17.3 Å². The minimum atomic E-state index is -0.311. The lowest BCUT2D eigenvalue weighted by atomic mass is 9.94. The number of carbonyl (C=O) groups excluding carboxylic acids is 3. The van der Waals surface area contributed by atoms with Crippen molar-refractivity contribution >= 4 is 23.4 Å². The zero-order valence-electron chi connectivity index (χ0n) is 21.8. The largest absolute Gasteiger partial charge is 0.490 e. The van der Waals surface area contributed by atoms with Crippen molar-refractivity contribution in [1.82, 2.24) is 14.7 Å². The Bertz CT molecular complexity index is 1000. The lowest BCUT2D eigenvalue weighted by molar-refractivity contribution is -0.144. The molecular formula is C27H38N4O6. The third kappa shape index (κ3) is 5.91. The van der Waals surface area contributed by atoms with Crippen LogP contribution in [0.4, 0.5) is 5.69 Å². The number of amides is 3. The van der Waals surface area contributed by atoms with Crippen molar-refractivity contribution in [3.8, 4) is 5.75 Å². The Hall–Kier alpha value is -2.69. The van der Waals surface area contributed by atoms with E-state index in [9.17, 15) is 14.4 Å². The Morgan fingerprint density at radius 3 is 2.54 bits per heavy atom. The topological polar surface area (TPSA) is 101 Å². The van der Waals surface area contributed by atoms with E-state index in [1.165, 1.54) is 0 Å². The number of nitrogens with one attached hydrogen (secondary N) is 1. The molecule has 0 spiro atoms. The van der Waals surface area contributed by atoms with Crippen LogP contribution in [0.15, 0.2) is 18.2 Å². The van der Waals surface area contributed by atoms with Gasteiger partial charge in [-0.1, -0.05) is 0 Å². The van der Waals surface area contributed by atoms with Crippen LogP contribution in [-0.2, 0) is 19.1 Å². The maximum absolute atomic E-state index is 13.5. The van der Waals surface area contributed by atoms with Gasteiger partial charge in [-0.3, -0.25) is 14.4 Å². The van der Waals surface area contributed by atoms with Crippen LogP contribution < -0.4 is 10.1 Å². The molecular weight excluding hydrogens is 476 g/mol. The number of anilines is 1. The van der Waals surface area contributed by atoms with Gasteiger partial charge in [0, 0.05) is 58.0 Å². The number of rotatable bonds is 4. The number of carbonyl (C=O) groups is 3. The van der Waals surface area contributed by atoms with Crippen LogP contribution in [-0.4, -0.2) is 111 Å². The Labute approximate surface area is 218 Å². The highest BCUT2D eigenvalue weighted by Crippen LogP contribution is 2.33. The smallest absolute Gasteiger partial charge is 0.257 e. The van der Waals surface area contributed by atoms with Gasteiger partial charge in [0.25, 0.3) is 5.91 Å². The van der Waals surface area contributed by atoms with Gasteiger partial charge in [0.1, 0.15) is 18.5 Å². The zero-order chi connectivity index (χ0) is 25.9. The fraction of sp³-hybridized carbons (Fsp3) is 0.667. The van der Waals surface area contributed by atoms with Gasteiger partial charge in [-0.15, -0.1) is 0 Å². The summed E-state index contributed by atoms with van der Waals surface area (Å²) >= 11 is 0. The van der Waals surface area contributed by atoms with E-state index in [0.29, 0.717) is 62.5 Å². The lowest BCUT2D eigenvalue weighted by Crippen LogP contribution is -2.54. The van der Waals surface area contributed by atoms with Gasteiger partial charge < -0.3 is 34.2 Å². The van der Waals surface area contributed by atoms with Crippen molar-refractivity contribution in [2.45, 2.75) is 50.4 Å². The quantitative estimate of drug-likeness (QED) is 0.651. The Morgan fingerprint density at radius 1 is 1.03 bits per heavy atom. The molecule has 3 saturated heterocycles. The van der Waals surface area contributed by atoms with Crippen LogP contribution in [0.3, 0.4) is 0 Å². The number of ether oxygens (including phenoxy) is 3. The minimum absolute atomic E-state index is 0.0475. The van der Waals surface area contributed by atoms with E-state index in [1.807, 2.05) is 4.90 Å². The first-order chi connectivity index (χ1) is 17.9. The van der Waals surface area contributed by atoms with Crippen LogP contribution in [0.2, 0.25) is 0 Å².